The first kappa shape index (κ1) is 17.0. The van der Waals surface area contributed by atoms with Crippen molar-refractivity contribution >= 4 is 47.1 Å². The second-order valence-corrected chi connectivity index (χ2v) is 6.24. The van der Waals surface area contributed by atoms with Crippen LogP contribution in [0.2, 0.25) is 0 Å². The summed E-state index contributed by atoms with van der Waals surface area (Å²) in [5.41, 5.74) is 5.23. The molecule has 0 aliphatic carbocycles. The molecule has 2 heterocycles. The smallest absolute Gasteiger partial charge is 0.0580 e. The molecule has 1 N–H and O–H groups in total. The molecule has 2 nitrogen and oxygen atoms in total. The van der Waals surface area contributed by atoms with Crippen LogP contribution in [0.15, 0.2) is 52.4 Å². The van der Waals surface area contributed by atoms with E-state index in [4.69, 9.17) is 4.98 Å². The first-order valence-electron chi connectivity index (χ1n) is 6.95. The number of para-hydroxylation sites is 1. The van der Waals surface area contributed by atoms with Crippen LogP contribution in [0.4, 0.5) is 0 Å². The molecule has 0 amide bonds. The van der Waals surface area contributed by atoms with Gasteiger partial charge in [-0.1, -0.05) is 39.4 Å². The van der Waals surface area contributed by atoms with E-state index < -0.39 is 0 Å². The standard InChI is InChI=1S/C18H13N2S2.Y/c1-10-3-2-4-11-13(9-19-17(10)11)14-6-5-12-15(21)7-8-16(22)18(12)20-14;/h2-7,9,19,21-22H,1H3;/q-1;. The number of thiol groups is 2. The van der Waals surface area contributed by atoms with Gasteiger partial charge in [0.05, 0.1) is 5.69 Å². The quantitative estimate of drug-likeness (QED) is 0.297. The second kappa shape index (κ2) is 6.60. The number of fused-ring (bicyclic) bond motifs is 2. The molecule has 0 fully saturated rings. The van der Waals surface area contributed by atoms with E-state index >= 15 is 0 Å². The van der Waals surface area contributed by atoms with Gasteiger partial charge in [-0.25, -0.2) is 12.6 Å². The predicted octanol–water partition coefficient (Wildman–Crippen LogP) is 5.07. The monoisotopic (exact) mass is 410 g/mol. The predicted molar refractivity (Wildman–Crippen MR) is 97.1 cm³/mol. The molecule has 4 rings (SSSR count). The fourth-order valence-electron chi connectivity index (χ4n) is 2.80. The number of benzene rings is 2. The minimum absolute atomic E-state index is 0. The first-order valence-corrected chi connectivity index (χ1v) is 7.85. The fourth-order valence-corrected chi connectivity index (χ4v) is 3.28. The number of hydrogen-bond acceptors (Lipinski definition) is 3. The van der Waals surface area contributed by atoms with Crippen molar-refractivity contribution in [2.24, 2.45) is 0 Å². The number of aryl methyl sites for hydroxylation is 1. The van der Waals surface area contributed by atoms with E-state index in [2.05, 4.69) is 61.4 Å². The summed E-state index contributed by atoms with van der Waals surface area (Å²) in [5.74, 6) is 0. The van der Waals surface area contributed by atoms with Crippen molar-refractivity contribution in [3.05, 3.63) is 54.2 Å². The van der Waals surface area contributed by atoms with E-state index in [0.717, 1.165) is 37.5 Å². The Morgan fingerprint density at radius 1 is 1.09 bits per heavy atom. The summed E-state index contributed by atoms with van der Waals surface area (Å²) in [4.78, 5) is 9.73. The van der Waals surface area contributed by atoms with Crippen molar-refractivity contribution in [3.8, 4) is 11.3 Å². The Morgan fingerprint density at radius 3 is 2.74 bits per heavy atom. The van der Waals surface area contributed by atoms with Gasteiger partial charge in [0.1, 0.15) is 0 Å². The van der Waals surface area contributed by atoms with E-state index in [1.807, 2.05) is 24.4 Å². The van der Waals surface area contributed by atoms with Crippen LogP contribution in [0.3, 0.4) is 0 Å². The molecule has 4 aromatic rings. The van der Waals surface area contributed by atoms with Crippen LogP contribution >= 0.6 is 25.3 Å². The van der Waals surface area contributed by atoms with Gasteiger partial charge < -0.3 is 9.97 Å². The Bertz CT molecular complexity index is 1020. The Hall–Kier alpha value is -0.806. The molecule has 0 spiro atoms. The molecule has 1 radical (unpaired) electrons. The molecule has 0 bridgehead atoms. The molecule has 2 aromatic heterocycles. The number of nitrogens with zero attached hydrogens (tertiary/aromatic N) is 1. The van der Waals surface area contributed by atoms with Crippen LogP contribution in [0, 0.1) is 13.0 Å². The summed E-state index contributed by atoms with van der Waals surface area (Å²) in [5, 5.41) is 2.17. The SMILES string of the molecule is Cc1cccc2c(-c3ccc4c(S)c[c-]c(S)c4n3)c[nH]c12.[Y]. The number of H-pyrrole nitrogens is 1. The Labute approximate surface area is 170 Å². The van der Waals surface area contributed by atoms with Crippen LogP contribution in [0.5, 0.6) is 0 Å². The third kappa shape index (κ3) is 2.87. The van der Waals surface area contributed by atoms with Gasteiger partial charge >= 0.3 is 0 Å². The maximum absolute atomic E-state index is 4.78. The Morgan fingerprint density at radius 2 is 1.91 bits per heavy atom. The number of hydrogen-bond donors (Lipinski definition) is 3. The topological polar surface area (TPSA) is 28.7 Å². The minimum atomic E-state index is 0. The van der Waals surface area contributed by atoms with E-state index in [-0.39, 0.29) is 32.7 Å². The summed E-state index contributed by atoms with van der Waals surface area (Å²) < 4.78 is 0. The minimum Gasteiger partial charge on any atom is -0.360 e. The molecule has 0 aliphatic heterocycles. The van der Waals surface area contributed by atoms with Crippen molar-refractivity contribution in [3.63, 3.8) is 0 Å². The summed E-state index contributed by atoms with van der Waals surface area (Å²) in [6, 6.07) is 15.3. The number of pyridine rings is 1. The average Bonchev–Trinajstić information content (AvgIpc) is 2.96. The molecule has 2 aromatic carbocycles. The summed E-state index contributed by atoms with van der Waals surface area (Å²) >= 11 is 8.94. The molecule has 0 saturated carbocycles. The largest absolute Gasteiger partial charge is 0.360 e. The molecule has 0 atom stereocenters. The Balaban J connectivity index is 0.00000156. The summed E-state index contributed by atoms with van der Waals surface area (Å²) in [6.07, 6.45) is 2.01. The van der Waals surface area contributed by atoms with Crippen LogP contribution in [-0.2, 0) is 32.7 Å². The molecule has 0 aliphatic rings. The van der Waals surface area contributed by atoms with Crippen LogP contribution in [0.1, 0.15) is 5.56 Å². The number of aromatic nitrogens is 2. The Kier molecular flexibility index (Phi) is 4.89. The average molecular weight is 410 g/mol. The first-order chi connectivity index (χ1) is 10.6. The van der Waals surface area contributed by atoms with Gasteiger partial charge in [-0.15, -0.1) is 0 Å². The van der Waals surface area contributed by atoms with Crippen molar-refractivity contribution < 1.29 is 32.7 Å². The molecule has 111 valence electrons. The maximum Gasteiger partial charge on any atom is 0.0580 e. The van der Waals surface area contributed by atoms with E-state index in [1.165, 1.54) is 10.9 Å². The number of nitrogens with one attached hydrogen (secondary N) is 1. The van der Waals surface area contributed by atoms with Crippen molar-refractivity contribution in [1.29, 1.82) is 0 Å². The van der Waals surface area contributed by atoms with Gasteiger partial charge in [0, 0.05) is 55.4 Å². The van der Waals surface area contributed by atoms with E-state index in [9.17, 15) is 0 Å². The summed E-state index contributed by atoms with van der Waals surface area (Å²) in [6.45, 7) is 2.10. The van der Waals surface area contributed by atoms with Gasteiger partial charge in [-0.05, 0) is 24.1 Å². The van der Waals surface area contributed by atoms with E-state index in [1.54, 1.807) is 0 Å². The van der Waals surface area contributed by atoms with Crippen LogP contribution in [0.25, 0.3) is 33.1 Å². The molecule has 0 saturated heterocycles. The zero-order valence-electron chi connectivity index (χ0n) is 12.5. The fraction of sp³-hybridized carbons (Fsp3) is 0.0556. The third-order valence-corrected chi connectivity index (χ3v) is 4.65. The normalized spacial score (nSPS) is 10.9. The van der Waals surface area contributed by atoms with Gasteiger partial charge in [0.2, 0.25) is 0 Å². The van der Waals surface area contributed by atoms with Crippen molar-refractivity contribution in [1.82, 2.24) is 9.97 Å². The second-order valence-electron chi connectivity index (χ2n) is 5.32. The molecule has 23 heavy (non-hydrogen) atoms. The van der Waals surface area contributed by atoms with Crippen molar-refractivity contribution in [2.45, 2.75) is 16.7 Å². The van der Waals surface area contributed by atoms with Gasteiger partial charge in [0.15, 0.2) is 0 Å². The van der Waals surface area contributed by atoms with Gasteiger partial charge in [-0.3, -0.25) is 0 Å². The zero-order valence-corrected chi connectivity index (χ0v) is 17.1. The maximum atomic E-state index is 4.78. The molecular weight excluding hydrogens is 397 g/mol. The number of rotatable bonds is 1. The number of aromatic amines is 1. The van der Waals surface area contributed by atoms with E-state index in [0.29, 0.717) is 0 Å². The van der Waals surface area contributed by atoms with Gasteiger partial charge in [0.25, 0.3) is 0 Å². The van der Waals surface area contributed by atoms with Crippen LogP contribution < -0.4 is 0 Å². The molecule has 5 heteroatoms. The van der Waals surface area contributed by atoms with Gasteiger partial charge in [-0.2, -0.15) is 24.8 Å². The third-order valence-electron chi connectivity index (χ3n) is 3.94. The molecular formula is C18H13N2S2Y-. The summed E-state index contributed by atoms with van der Waals surface area (Å²) in [7, 11) is 0. The van der Waals surface area contributed by atoms with Crippen LogP contribution in [-0.4, -0.2) is 9.97 Å². The van der Waals surface area contributed by atoms with Crippen molar-refractivity contribution in [2.75, 3.05) is 0 Å². The zero-order chi connectivity index (χ0) is 15.3. The molecule has 0 unspecified atom stereocenters.